The molecule has 0 aromatic carbocycles. The van der Waals surface area contributed by atoms with Gasteiger partial charge in [-0.1, -0.05) is 0 Å². The zero-order valence-electron chi connectivity index (χ0n) is 10.9. The topological polar surface area (TPSA) is 32.8 Å². The number of carbonyl (C=O) groups excluding carboxylic acids is 1. The third kappa shape index (κ3) is 4.10. The van der Waals surface area contributed by atoms with Gasteiger partial charge in [0.05, 0.1) is 13.5 Å². The second-order valence-electron chi connectivity index (χ2n) is 4.99. The highest BCUT2D eigenvalue weighted by atomic mass is 16.5. The molecular formula is C12H24N2O2. The molecule has 0 amide bonds. The Morgan fingerprint density at radius 3 is 2.81 bits per heavy atom. The third-order valence-corrected chi connectivity index (χ3v) is 3.48. The number of rotatable bonds is 5. The minimum Gasteiger partial charge on any atom is -0.469 e. The number of hydrogen-bond acceptors (Lipinski definition) is 4. The zero-order chi connectivity index (χ0) is 12.1. The van der Waals surface area contributed by atoms with E-state index in [-0.39, 0.29) is 12.0 Å². The van der Waals surface area contributed by atoms with E-state index in [0.29, 0.717) is 6.42 Å². The molecule has 94 valence electrons. The number of nitrogens with zero attached hydrogens (tertiary/aromatic N) is 2. The normalized spacial score (nSPS) is 23.7. The highest BCUT2D eigenvalue weighted by molar-refractivity contribution is 5.69. The molecule has 2 unspecified atom stereocenters. The van der Waals surface area contributed by atoms with E-state index in [2.05, 4.69) is 35.6 Å². The van der Waals surface area contributed by atoms with E-state index < -0.39 is 0 Å². The van der Waals surface area contributed by atoms with Gasteiger partial charge in [0.15, 0.2) is 0 Å². The van der Waals surface area contributed by atoms with Crippen LogP contribution < -0.4 is 0 Å². The van der Waals surface area contributed by atoms with E-state index in [1.54, 1.807) is 0 Å². The molecule has 1 fully saturated rings. The number of esters is 1. The molecule has 1 aliphatic heterocycles. The smallest absolute Gasteiger partial charge is 0.307 e. The van der Waals surface area contributed by atoms with Crippen molar-refractivity contribution in [3.63, 3.8) is 0 Å². The third-order valence-electron chi connectivity index (χ3n) is 3.48. The largest absolute Gasteiger partial charge is 0.469 e. The maximum absolute atomic E-state index is 11.2. The van der Waals surface area contributed by atoms with Gasteiger partial charge in [-0.15, -0.1) is 0 Å². The molecule has 0 aliphatic carbocycles. The van der Waals surface area contributed by atoms with Crippen molar-refractivity contribution in [1.29, 1.82) is 0 Å². The molecule has 0 aromatic rings. The quantitative estimate of drug-likeness (QED) is 0.652. The summed E-state index contributed by atoms with van der Waals surface area (Å²) < 4.78 is 4.68. The molecule has 2 atom stereocenters. The molecule has 0 aromatic heterocycles. The van der Waals surface area contributed by atoms with E-state index >= 15 is 0 Å². The maximum atomic E-state index is 11.2. The Morgan fingerprint density at radius 2 is 2.31 bits per heavy atom. The predicted molar refractivity (Wildman–Crippen MR) is 64.3 cm³/mol. The summed E-state index contributed by atoms with van der Waals surface area (Å²) in [6.07, 6.45) is 1.75. The first-order valence-corrected chi connectivity index (χ1v) is 5.98. The van der Waals surface area contributed by atoms with Gasteiger partial charge in [0, 0.05) is 19.1 Å². The van der Waals surface area contributed by atoms with Crippen molar-refractivity contribution in [3.05, 3.63) is 0 Å². The second kappa shape index (κ2) is 6.21. The monoisotopic (exact) mass is 228 g/mol. The minimum atomic E-state index is -0.122. The van der Waals surface area contributed by atoms with Gasteiger partial charge in [-0.05, 0) is 39.9 Å². The fourth-order valence-electron chi connectivity index (χ4n) is 2.24. The summed E-state index contributed by atoms with van der Waals surface area (Å²) in [5.41, 5.74) is 0. The number of carbonyl (C=O) groups is 1. The molecule has 16 heavy (non-hydrogen) atoms. The van der Waals surface area contributed by atoms with Gasteiger partial charge in [0.1, 0.15) is 0 Å². The van der Waals surface area contributed by atoms with Gasteiger partial charge < -0.3 is 14.5 Å². The molecule has 4 heteroatoms. The van der Waals surface area contributed by atoms with E-state index in [1.807, 2.05) is 0 Å². The average molecular weight is 228 g/mol. The SMILES string of the molecule is COC(=O)CC(C)N(C)CC1CCN(C)C1. The van der Waals surface area contributed by atoms with Crippen molar-refractivity contribution in [2.45, 2.75) is 25.8 Å². The molecule has 0 saturated carbocycles. The van der Waals surface area contributed by atoms with Crippen LogP contribution in [0, 0.1) is 5.92 Å². The summed E-state index contributed by atoms with van der Waals surface area (Å²) >= 11 is 0. The fraction of sp³-hybridized carbons (Fsp3) is 0.917. The van der Waals surface area contributed by atoms with Crippen molar-refractivity contribution in [3.8, 4) is 0 Å². The summed E-state index contributed by atoms with van der Waals surface area (Å²) in [6, 6.07) is 0.262. The standard InChI is InChI=1S/C12H24N2O2/c1-10(7-12(15)16-4)14(3)9-11-5-6-13(2)8-11/h10-11H,5-9H2,1-4H3. The zero-order valence-corrected chi connectivity index (χ0v) is 10.9. The lowest BCUT2D eigenvalue weighted by molar-refractivity contribution is -0.141. The van der Waals surface area contributed by atoms with Gasteiger partial charge in [-0.25, -0.2) is 0 Å². The molecule has 1 aliphatic rings. The molecular weight excluding hydrogens is 204 g/mol. The van der Waals surface area contributed by atoms with Crippen LogP contribution in [0.2, 0.25) is 0 Å². The first kappa shape index (κ1) is 13.5. The molecule has 1 rings (SSSR count). The van der Waals surface area contributed by atoms with Crippen molar-refractivity contribution < 1.29 is 9.53 Å². The Hall–Kier alpha value is -0.610. The van der Waals surface area contributed by atoms with Crippen LogP contribution in [-0.2, 0) is 9.53 Å². The molecule has 0 bridgehead atoms. The molecule has 0 spiro atoms. The lowest BCUT2D eigenvalue weighted by Gasteiger charge is -2.26. The predicted octanol–water partition coefficient (Wildman–Crippen LogP) is 0.822. The maximum Gasteiger partial charge on any atom is 0.307 e. The summed E-state index contributed by atoms with van der Waals surface area (Å²) in [5, 5.41) is 0. The van der Waals surface area contributed by atoms with Crippen LogP contribution in [0.5, 0.6) is 0 Å². The van der Waals surface area contributed by atoms with Crippen LogP contribution >= 0.6 is 0 Å². The van der Waals surface area contributed by atoms with Crippen LogP contribution in [0.25, 0.3) is 0 Å². The highest BCUT2D eigenvalue weighted by Crippen LogP contribution is 2.16. The van der Waals surface area contributed by atoms with Crippen LogP contribution in [0.1, 0.15) is 19.8 Å². The Balaban J connectivity index is 2.28. The average Bonchev–Trinajstić information content (AvgIpc) is 2.63. The summed E-state index contributed by atoms with van der Waals surface area (Å²) in [7, 11) is 5.70. The molecule has 0 radical (unpaired) electrons. The summed E-state index contributed by atoms with van der Waals surface area (Å²) in [5.74, 6) is 0.623. The number of likely N-dealkylation sites (tertiary alicyclic amines) is 1. The Labute approximate surface area is 98.5 Å². The minimum absolute atomic E-state index is 0.122. The van der Waals surface area contributed by atoms with Gasteiger partial charge in [-0.2, -0.15) is 0 Å². The second-order valence-corrected chi connectivity index (χ2v) is 4.99. The first-order valence-electron chi connectivity index (χ1n) is 5.98. The number of ether oxygens (including phenoxy) is 1. The molecule has 1 heterocycles. The summed E-state index contributed by atoms with van der Waals surface area (Å²) in [4.78, 5) is 15.8. The first-order chi connectivity index (χ1) is 7.52. The van der Waals surface area contributed by atoms with Crippen molar-refractivity contribution >= 4 is 5.97 Å². The van der Waals surface area contributed by atoms with Crippen molar-refractivity contribution in [2.24, 2.45) is 5.92 Å². The Kier molecular flexibility index (Phi) is 5.22. The number of methoxy groups -OCH3 is 1. The molecule has 1 saturated heterocycles. The van der Waals surface area contributed by atoms with Gasteiger partial charge in [0.25, 0.3) is 0 Å². The van der Waals surface area contributed by atoms with Gasteiger partial charge >= 0.3 is 5.97 Å². The Morgan fingerprint density at radius 1 is 1.62 bits per heavy atom. The van der Waals surface area contributed by atoms with E-state index in [9.17, 15) is 4.79 Å². The lowest BCUT2D eigenvalue weighted by atomic mass is 10.1. The molecule has 4 nitrogen and oxygen atoms in total. The van der Waals surface area contributed by atoms with E-state index in [1.165, 1.54) is 26.6 Å². The van der Waals surface area contributed by atoms with Crippen LogP contribution in [-0.4, -0.2) is 62.7 Å². The summed E-state index contributed by atoms with van der Waals surface area (Å²) in [6.45, 7) is 5.53. The van der Waals surface area contributed by atoms with Crippen molar-refractivity contribution in [2.75, 3.05) is 40.8 Å². The Bertz CT molecular complexity index is 233. The fourth-order valence-corrected chi connectivity index (χ4v) is 2.24. The van der Waals surface area contributed by atoms with Gasteiger partial charge in [-0.3, -0.25) is 4.79 Å². The number of hydrogen-bond donors (Lipinski definition) is 0. The van der Waals surface area contributed by atoms with E-state index in [4.69, 9.17) is 0 Å². The van der Waals surface area contributed by atoms with Gasteiger partial charge in [0.2, 0.25) is 0 Å². The lowest BCUT2D eigenvalue weighted by Crippen LogP contribution is -2.36. The van der Waals surface area contributed by atoms with E-state index in [0.717, 1.165) is 12.5 Å². The van der Waals surface area contributed by atoms with Crippen LogP contribution in [0.4, 0.5) is 0 Å². The van der Waals surface area contributed by atoms with Crippen LogP contribution in [0.3, 0.4) is 0 Å². The van der Waals surface area contributed by atoms with Crippen molar-refractivity contribution in [1.82, 2.24) is 9.80 Å². The highest BCUT2D eigenvalue weighted by Gasteiger charge is 2.23. The molecule has 0 N–H and O–H groups in total. The van der Waals surface area contributed by atoms with Crippen LogP contribution in [0.15, 0.2) is 0 Å².